The van der Waals surface area contributed by atoms with Crippen LogP contribution in [-0.2, 0) is 9.53 Å². The van der Waals surface area contributed by atoms with Crippen LogP contribution in [0, 0.1) is 10.1 Å². The number of carbonyl (C=O) groups excluding carboxylic acids is 2. The van der Waals surface area contributed by atoms with Gasteiger partial charge in [-0.3, -0.25) is 15.0 Å². The van der Waals surface area contributed by atoms with E-state index in [2.05, 4.69) is 5.32 Å². The molecule has 1 aromatic carbocycles. The van der Waals surface area contributed by atoms with Gasteiger partial charge in [-0.2, -0.15) is 0 Å². The van der Waals surface area contributed by atoms with Crippen LogP contribution < -0.4 is 5.32 Å². The SMILES string of the molecule is CCOC(=O)C1=C(C)N(CC)C(=O)NC1c1ccc([N+](=O)[O-])cc1. The molecular formula is C16H19N3O5. The van der Waals surface area contributed by atoms with Crippen molar-refractivity contribution in [2.75, 3.05) is 13.2 Å². The van der Waals surface area contributed by atoms with E-state index in [9.17, 15) is 19.7 Å². The van der Waals surface area contributed by atoms with Gasteiger partial charge in [0, 0.05) is 24.4 Å². The number of nitro benzene ring substituents is 1. The van der Waals surface area contributed by atoms with Crippen molar-refractivity contribution in [3.63, 3.8) is 0 Å². The molecule has 1 unspecified atom stereocenters. The zero-order chi connectivity index (χ0) is 17.9. The molecule has 0 aromatic heterocycles. The number of ether oxygens (including phenoxy) is 1. The molecule has 1 N–H and O–H groups in total. The molecule has 1 aliphatic rings. The second-order valence-electron chi connectivity index (χ2n) is 5.19. The molecule has 1 atom stereocenters. The van der Waals surface area contributed by atoms with Gasteiger partial charge in [0.15, 0.2) is 0 Å². The van der Waals surface area contributed by atoms with Gasteiger partial charge >= 0.3 is 12.0 Å². The molecule has 0 bridgehead atoms. The Morgan fingerprint density at radius 2 is 1.96 bits per heavy atom. The Morgan fingerprint density at radius 3 is 2.46 bits per heavy atom. The van der Waals surface area contributed by atoms with E-state index in [-0.39, 0.29) is 18.3 Å². The average molecular weight is 333 g/mol. The quantitative estimate of drug-likeness (QED) is 0.507. The molecule has 8 nitrogen and oxygen atoms in total. The Bertz CT molecular complexity index is 696. The Balaban J connectivity index is 2.49. The molecule has 0 fully saturated rings. The number of hydrogen-bond acceptors (Lipinski definition) is 5. The predicted octanol–water partition coefficient (Wildman–Crippen LogP) is 2.52. The fourth-order valence-corrected chi connectivity index (χ4v) is 2.67. The lowest BCUT2D eigenvalue weighted by atomic mass is 9.94. The summed E-state index contributed by atoms with van der Waals surface area (Å²) in [7, 11) is 0. The highest BCUT2D eigenvalue weighted by atomic mass is 16.6. The molecule has 128 valence electrons. The molecule has 24 heavy (non-hydrogen) atoms. The van der Waals surface area contributed by atoms with Crippen molar-refractivity contribution in [1.82, 2.24) is 10.2 Å². The number of carbonyl (C=O) groups is 2. The number of amides is 2. The van der Waals surface area contributed by atoms with Crippen molar-refractivity contribution in [1.29, 1.82) is 0 Å². The minimum absolute atomic E-state index is 0.0607. The van der Waals surface area contributed by atoms with Gasteiger partial charge in [0.05, 0.1) is 23.1 Å². The Morgan fingerprint density at radius 1 is 1.33 bits per heavy atom. The number of non-ortho nitro benzene ring substituents is 1. The first-order valence-electron chi connectivity index (χ1n) is 7.60. The van der Waals surface area contributed by atoms with Crippen LogP contribution in [-0.4, -0.2) is 35.0 Å². The number of nitrogens with one attached hydrogen (secondary N) is 1. The maximum atomic E-state index is 12.4. The third-order valence-electron chi connectivity index (χ3n) is 3.85. The minimum atomic E-state index is -0.708. The second kappa shape index (κ2) is 7.12. The van der Waals surface area contributed by atoms with Crippen molar-refractivity contribution in [2.45, 2.75) is 26.8 Å². The number of nitrogens with zero attached hydrogens (tertiary/aromatic N) is 2. The van der Waals surface area contributed by atoms with Gasteiger partial charge in [0.2, 0.25) is 0 Å². The molecule has 0 saturated heterocycles. The van der Waals surface area contributed by atoms with E-state index in [4.69, 9.17) is 4.74 Å². The summed E-state index contributed by atoms with van der Waals surface area (Å²) in [4.78, 5) is 36.3. The van der Waals surface area contributed by atoms with Crippen LogP contribution in [0.4, 0.5) is 10.5 Å². The molecule has 2 amide bonds. The summed E-state index contributed by atoms with van der Waals surface area (Å²) in [6, 6.07) is 4.69. The Kier molecular flexibility index (Phi) is 5.18. The summed E-state index contributed by atoms with van der Waals surface area (Å²) in [6.45, 7) is 5.81. The van der Waals surface area contributed by atoms with Crippen molar-refractivity contribution in [3.05, 3.63) is 51.2 Å². The van der Waals surface area contributed by atoms with Gasteiger partial charge in [-0.1, -0.05) is 0 Å². The van der Waals surface area contributed by atoms with Crippen molar-refractivity contribution >= 4 is 17.7 Å². The van der Waals surface area contributed by atoms with Crippen LogP contribution in [0.3, 0.4) is 0 Å². The predicted molar refractivity (Wildman–Crippen MR) is 86.1 cm³/mol. The van der Waals surface area contributed by atoms with Crippen LogP contribution in [0.15, 0.2) is 35.5 Å². The van der Waals surface area contributed by atoms with Crippen LogP contribution in [0.1, 0.15) is 32.4 Å². The standard InChI is InChI=1S/C16H19N3O5/c1-4-18-10(3)13(15(20)24-5-2)14(17-16(18)21)11-6-8-12(9-7-11)19(22)23/h6-9,14H,4-5H2,1-3H3,(H,17,21). The van der Waals surface area contributed by atoms with Gasteiger partial charge in [-0.05, 0) is 38.5 Å². The molecule has 1 heterocycles. The van der Waals surface area contributed by atoms with Crippen molar-refractivity contribution in [3.8, 4) is 0 Å². The first-order chi connectivity index (χ1) is 11.4. The molecule has 0 aliphatic carbocycles. The molecule has 2 rings (SSSR count). The van der Waals surface area contributed by atoms with Crippen LogP contribution in [0.5, 0.6) is 0 Å². The summed E-state index contributed by atoms with van der Waals surface area (Å²) in [5, 5.41) is 13.5. The largest absolute Gasteiger partial charge is 0.463 e. The number of nitro groups is 1. The van der Waals surface area contributed by atoms with E-state index in [0.29, 0.717) is 23.4 Å². The highest BCUT2D eigenvalue weighted by Gasteiger charge is 2.35. The van der Waals surface area contributed by atoms with Crippen LogP contribution in [0.25, 0.3) is 0 Å². The van der Waals surface area contributed by atoms with Crippen LogP contribution >= 0.6 is 0 Å². The second-order valence-corrected chi connectivity index (χ2v) is 5.19. The van der Waals surface area contributed by atoms with Crippen LogP contribution in [0.2, 0.25) is 0 Å². The molecule has 0 saturated carbocycles. The van der Waals surface area contributed by atoms with Gasteiger partial charge in [0.1, 0.15) is 0 Å². The lowest BCUT2D eigenvalue weighted by molar-refractivity contribution is -0.384. The van der Waals surface area contributed by atoms with Gasteiger partial charge < -0.3 is 10.1 Å². The summed E-state index contributed by atoms with van der Waals surface area (Å²) >= 11 is 0. The summed E-state index contributed by atoms with van der Waals surface area (Å²) < 4.78 is 5.11. The van der Waals surface area contributed by atoms with Crippen molar-refractivity contribution in [2.24, 2.45) is 0 Å². The van der Waals surface area contributed by atoms with Gasteiger partial charge in [-0.25, -0.2) is 9.59 Å². The molecular weight excluding hydrogens is 314 g/mol. The molecule has 1 aliphatic heterocycles. The summed E-state index contributed by atoms with van der Waals surface area (Å²) in [6.07, 6.45) is 0. The Hall–Kier alpha value is -2.90. The number of esters is 1. The van der Waals surface area contributed by atoms with E-state index in [1.807, 2.05) is 0 Å². The zero-order valence-electron chi connectivity index (χ0n) is 13.7. The number of benzene rings is 1. The lowest BCUT2D eigenvalue weighted by Crippen LogP contribution is -2.47. The Labute approximate surface area is 139 Å². The van der Waals surface area contributed by atoms with E-state index in [1.165, 1.54) is 29.2 Å². The average Bonchev–Trinajstić information content (AvgIpc) is 2.55. The minimum Gasteiger partial charge on any atom is -0.463 e. The van der Waals surface area contributed by atoms with E-state index in [1.54, 1.807) is 20.8 Å². The molecule has 0 spiro atoms. The summed E-state index contributed by atoms with van der Waals surface area (Å²) in [5.41, 5.74) is 1.36. The maximum absolute atomic E-state index is 12.4. The smallest absolute Gasteiger partial charge is 0.338 e. The molecule has 1 aromatic rings. The molecule has 0 radical (unpaired) electrons. The summed E-state index contributed by atoms with van der Waals surface area (Å²) in [5.74, 6) is -0.517. The number of rotatable bonds is 5. The fraction of sp³-hybridized carbons (Fsp3) is 0.375. The van der Waals surface area contributed by atoms with E-state index >= 15 is 0 Å². The third-order valence-corrected chi connectivity index (χ3v) is 3.85. The first-order valence-corrected chi connectivity index (χ1v) is 7.60. The highest BCUT2D eigenvalue weighted by Crippen LogP contribution is 2.31. The number of allylic oxidation sites excluding steroid dienone is 1. The maximum Gasteiger partial charge on any atom is 0.338 e. The topological polar surface area (TPSA) is 102 Å². The first kappa shape index (κ1) is 17.5. The van der Waals surface area contributed by atoms with E-state index < -0.39 is 16.9 Å². The zero-order valence-corrected chi connectivity index (χ0v) is 13.7. The molecule has 8 heteroatoms. The third kappa shape index (κ3) is 3.22. The van der Waals surface area contributed by atoms with Gasteiger partial charge in [0.25, 0.3) is 5.69 Å². The monoisotopic (exact) mass is 333 g/mol. The fourth-order valence-electron chi connectivity index (χ4n) is 2.67. The highest BCUT2D eigenvalue weighted by molar-refractivity contribution is 5.95. The van der Waals surface area contributed by atoms with Crippen molar-refractivity contribution < 1.29 is 19.2 Å². The number of hydrogen-bond donors (Lipinski definition) is 1. The van der Waals surface area contributed by atoms with E-state index in [0.717, 1.165) is 0 Å². The normalized spacial score (nSPS) is 17.5. The number of urea groups is 1. The lowest BCUT2D eigenvalue weighted by Gasteiger charge is -2.34. The van der Waals surface area contributed by atoms with Gasteiger partial charge in [-0.15, -0.1) is 0 Å².